The van der Waals surface area contributed by atoms with Gasteiger partial charge in [-0.05, 0) is 62.7 Å². The van der Waals surface area contributed by atoms with E-state index in [9.17, 15) is 14.4 Å². The number of carboxylic acid groups (broad SMARTS) is 2. The van der Waals surface area contributed by atoms with Gasteiger partial charge in [-0.2, -0.15) is 0 Å². The smallest absolute Gasteiger partial charge is 0.325 e. The molecule has 5 heteroatoms. The Balaban J connectivity index is 2.84. The maximum atomic E-state index is 11.8. The first kappa shape index (κ1) is 23.3. The van der Waals surface area contributed by atoms with Crippen LogP contribution in [-0.2, 0) is 14.4 Å². The number of hydrogen-bond donors (Lipinski definition) is 2. The van der Waals surface area contributed by atoms with Gasteiger partial charge in [-0.25, -0.2) is 0 Å². The summed E-state index contributed by atoms with van der Waals surface area (Å²) in [5.41, 5.74) is 4.51. The van der Waals surface area contributed by atoms with Crippen molar-refractivity contribution in [3.05, 3.63) is 58.7 Å². The van der Waals surface area contributed by atoms with Crippen molar-refractivity contribution in [3.63, 3.8) is 0 Å². The van der Waals surface area contributed by atoms with E-state index in [1.807, 2.05) is 13.0 Å². The molecular formula is C23H30O5. The topological polar surface area (TPSA) is 91.7 Å². The molecule has 0 saturated carbocycles. The van der Waals surface area contributed by atoms with Gasteiger partial charge in [0.05, 0.1) is 0 Å². The van der Waals surface area contributed by atoms with E-state index in [0.29, 0.717) is 5.57 Å². The van der Waals surface area contributed by atoms with Gasteiger partial charge in [-0.1, -0.05) is 55.4 Å². The molecule has 5 nitrogen and oxygen atoms in total. The van der Waals surface area contributed by atoms with Crippen LogP contribution in [0.5, 0.6) is 0 Å². The number of rotatable bonds is 8. The first-order valence-electron chi connectivity index (χ1n) is 9.36. The molecule has 0 spiro atoms. The second kappa shape index (κ2) is 10.0. The fraction of sp³-hybridized carbons (Fsp3) is 0.435. The van der Waals surface area contributed by atoms with Gasteiger partial charge in [-0.3, -0.25) is 14.4 Å². The summed E-state index contributed by atoms with van der Waals surface area (Å²) in [5.74, 6) is -6.35. The van der Waals surface area contributed by atoms with Crippen molar-refractivity contribution in [1.29, 1.82) is 0 Å². The Bertz CT molecular complexity index is 774. The number of carbonyl (C=O) groups is 3. The molecule has 1 aliphatic carbocycles. The Kier molecular flexibility index (Phi) is 8.35. The van der Waals surface area contributed by atoms with Gasteiger partial charge >= 0.3 is 11.9 Å². The van der Waals surface area contributed by atoms with Crippen LogP contribution in [0.15, 0.2) is 58.7 Å². The van der Waals surface area contributed by atoms with Crippen molar-refractivity contribution in [2.75, 3.05) is 0 Å². The van der Waals surface area contributed by atoms with Crippen LogP contribution in [-0.4, -0.2) is 27.9 Å². The third-order valence-electron chi connectivity index (χ3n) is 4.92. The standard InChI is InChI=1S/C23H30O5/c1-15(11-12-18-17(3)10-7-13-23(18,4)5)8-6-9-16(2)14-19(24)20(21(25)26)22(27)28/h6,8-9,11-12,14,20H,7,10,13H2,1-5H3,(H,25,26)(H,27,28)/b9-6+,12-11+,15-8+,16-14+. The molecule has 1 rings (SSSR count). The quantitative estimate of drug-likeness (QED) is 0.353. The molecule has 28 heavy (non-hydrogen) atoms. The monoisotopic (exact) mass is 386 g/mol. The zero-order chi connectivity index (χ0) is 21.5. The minimum atomic E-state index is -2.07. The summed E-state index contributed by atoms with van der Waals surface area (Å²) in [4.78, 5) is 33.5. The van der Waals surface area contributed by atoms with Gasteiger partial charge < -0.3 is 10.2 Å². The van der Waals surface area contributed by atoms with E-state index in [1.165, 1.54) is 24.0 Å². The van der Waals surface area contributed by atoms with Crippen LogP contribution in [0, 0.1) is 11.3 Å². The highest BCUT2D eigenvalue weighted by atomic mass is 16.4. The van der Waals surface area contributed by atoms with E-state index in [-0.39, 0.29) is 5.41 Å². The second-order valence-corrected chi connectivity index (χ2v) is 7.93. The molecule has 0 aromatic heterocycles. The van der Waals surface area contributed by atoms with Crippen LogP contribution in [0.25, 0.3) is 0 Å². The zero-order valence-electron chi connectivity index (χ0n) is 17.3. The minimum absolute atomic E-state index is 0.180. The first-order chi connectivity index (χ1) is 13.0. The van der Waals surface area contributed by atoms with Crippen molar-refractivity contribution < 1.29 is 24.6 Å². The van der Waals surface area contributed by atoms with Gasteiger partial charge in [0.1, 0.15) is 0 Å². The predicted molar refractivity (Wildman–Crippen MR) is 110 cm³/mol. The number of carbonyl (C=O) groups excluding carboxylic acids is 1. The number of allylic oxidation sites excluding steroid dienone is 10. The maximum Gasteiger partial charge on any atom is 0.325 e. The van der Waals surface area contributed by atoms with Gasteiger partial charge in [0.15, 0.2) is 5.78 Å². The molecule has 0 aromatic carbocycles. The van der Waals surface area contributed by atoms with E-state index in [2.05, 4.69) is 32.9 Å². The SMILES string of the molecule is CC1=C(/C=C/C(C)=C/C=C/C(C)=C/C(=O)C(C(=O)O)C(=O)O)C(C)(C)CCC1. The van der Waals surface area contributed by atoms with Crippen LogP contribution in [0.4, 0.5) is 0 Å². The van der Waals surface area contributed by atoms with Crippen molar-refractivity contribution >= 4 is 17.7 Å². The Morgan fingerprint density at radius 2 is 1.64 bits per heavy atom. The van der Waals surface area contributed by atoms with Gasteiger partial charge in [0.25, 0.3) is 0 Å². The lowest BCUT2D eigenvalue weighted by Gasteiger charge is -2.32. The Hall–Kier alpha value is -2.69. The van der Waals surface area contributed by atoms with Crippen molar-refractivity contribution in [3.8, 4) is 0 Å². The molecule has 1 aliphatic rings. The van der Waals surface area contributed by atoms with Crippen molar-refractivity contribution in [1.82, 2.24) is 0 Å². The molecule has 0 amide bonds. The fourth-order valence-electron chi connectivity index (χ4n) is 3.34. The summed E-state index contributed by atoms with van der Waals surface area (Å²) >= 11 is 0. The normalized spacial score (nSPS) is 18.4. The van der Waals surface area contributed by atoms with Crippen LogP contribution in [0.1, 0.15) is 53.9 Å². The molecule has 0 bridgehead atoms. The first-order valence-corrected chi connectivity index (χ1v) is 9.36. The molecular weight excluding hydrogens is 356 g/mol. The van der Waals surface area contributed by atoms with E-state index in [1.54, 1.807) is 19.1 Å². The van der Waals surface area contributed by atoms with E-state index >= 15 is 0 Å². The summed E-state index contributed by atoms with van der Waals surface area (Å²) in [6.07, 6.45) is 14.1. The van der Waals surface area contributed by atoms with Crippen LogP contribution in [0.3, 0.4) is 0 Å². The third kappa shape index (κ3) is 6.80. The summed E-state index contributed by atoms with van der Waals surface area (Å²) < 4.78 is 0. The average molecular weight is 386 g/mol. The molecule has 0 aromatic rings. The van der Waals surface area contributed by atoms with Gasteiger partial charge in [-0.15, -0.1) is 0 Å². The van der Waals surface area contributed by atoms with E-state index in [0.717, 1.165) is 18.1 Å². The number of hydrogen-bond acceptors (Lipinski definition) is 3. The fourth-order valence-corrected chi connectivity index (χ4v) is 3.34. The van der Waals surface area contributed by atoms with Crippen molar-refractivity contribution in [2.45, 2.75) is 53.9 Å². The molecule has 0 radical (unpaired) electrons. The number of ketones is 1. The minimum Gasteiger partial charge on any atom is -0.480 e. The Morgan fingerprint density at radius 3 is 2.18 bits per heavy atom. The average Bonchev–Trinajstić information content (AvgIpc) is 2.52. The molecule has 152 valence electrons. The number of aliphatic carboxylic acids is 2. The van der Waals surface area contributed by atoms with E-state index < -0.39 is 23.6 Å². The molecule has 0 heterocycles. The molecule has 0 unspecified atom stereocenters. The van der Waals surface area contributed by atoms with Crippen LogP contribution < -0.4 is 0 Å². The molecule has 2 N–H and O–H groups in total. The maximum absolute atomic E-state index is 11.8. The largest absolute Gasteiger partial charge is 0.480 e. The Morgan fingerprint density at radius 1 is 1.04 bits per heavy atom. The highest BCUT2D eigenvalue weighted by Gasteiger charge is 2.32. The summed E-state index contributed by atoms with van der Waals surface area (Å²) in [5, 5.41) is 17.7. The van der Waals surface area contributed by atoms with Crippen LogP contribution >= 0.6 is 0 Å². The molecule has 0 fully saturated rings. The second-order valence-electron chi connectivity index (χ2n) is 7.93. The predicted octanol–water partition coefficient (Wildman–Crippen LogP) is 4.87. The summed E-state index contributed by atoms with van der Waals surface area (Å²) in [6, 6.07) is 0. The lowest BCUT2D eigenvalue weighted by Crippen LogP contribution is -2.30. The third-order valence-corrected chi connectivity index (χ3v) is 4.92. The lowest BCUT2D eigenvalue weighted by molar-refractivity contribution is -0.156. The lowest BCUT2D eigenvalue weighted by atomic mass is 9.72. The Labute approximate surface area is 166 Å². The summed E-state index contributed by atoms with van der Waals surface area (Å²) in [7, 11) is 0. The number of carboxylic acids is 2. The van der Waals surface area contributed by atoms with Crippen molar-refractivity contribution in [2.24, 2.45) is 11.3 Å². The zero-order valence-corrected chi connectivity index (χ0v) is 17.3. The molecule has 0 saturated heterocycles. The highest BCUT2D eigenvalue weighted by Crippen LogP contribution is 2.40. The molecule has 0 atom stereocenters. The van der Waals surface area contributed by atoms with Gasteiger partial charge in [0, 0.05) is 0 Å². The van der Waals surface area contributed by atoms with E-state index in [4.69, 9.17) is 10.2 Å². The van der Waals surface area contributed by atoms with Crippen LogP contribution in [0.2, 0.25) is 0 Å². The highest BCUT2D eigenvalue weighted by molar-refractivity contribution is 6.17. The van der Waals surface area contributed by atoms with Gasteiger partial charge in [0.2, 0.25) is 5.92 Å². The molecule has 0 aliphatic heterocycles. The summed E-state index contributed by atoms with van der Waals surface area (Å²) in [6.45, 7) is 10.3.